The van der Waals surface area contributed by atoms with Crippen molar-refractivity contribution in [3.05, 3.63) is 0 Å². The van der Waals surface area contributed by atoms with E-state index in [0.717, 1.165) is 0 Å². The SMILES string of the molecule is CC(C)C[C@H](OC#N)C(=O)OC(C)(C)C. The molecule has 0 aliphatic rings. The van der Waals surface area contributed by atoms with Gasteiger partial charge >= 0.3 is 5.97 Å². The van der Waals surface area contributed by atoms with E-state index in [-0.39, 0.29) is 5.92 Å². The van der Waals surface area contributed by atoms with Crippen LogP contribution >= 0.6 is 0 Å². The number of ether oxygens (including phenoxy) is 2. The summed E-state index contributed by atoms with van der Waals surface area (Å²) in [6.45, 7) is 9.26. The number of rotatable bonds is 4. The molecule has 0 radical (unpaired) electrons. The van der Waals surface area contributed by atoms with Crippen LogP contribution in [-0.2, 0) is 14.3 Å². The first-order valence-corrected chi connectivity index (χ1v) is 5.04. The lowest BCUT2D eigenvalue weighted by Crippen LogP contribution is -2.33. The molecule has 4 heteroatoms. The Hall–Kier alpha value is -1.24. The third-order valence-electron chi connectivity index (χ3n) is 1.55. The molecular formula is C11H19NO3. The summed E-state index contributed by atoms with van der Waals surface area (Å²) in [6.07, 6.45) is 1.24. The van der Waals surface area contributed by atoms with E-state index in [1.165, 1.54) is 6.26 Å². The lowest BCUT2D eigenvalue weighted by molar-refractivity contribution is -0.165. The molecule has 0 fully saturated rings. The van der Waals surface area contributed by atoms with Crippen LogP contribution in [0.4, 0.5) is 0 Å². The smallest absolute Gasteiger partial charge is 0.349 e. The fourth-order valence-electron chi connectivity index (χ4n) is 1.05. The van der Waals surface area contributed by atoms with E-state index in [1.54, 1.807) is 20.8 Å². The van der Waals surface area contributed by atoms with Crippen molar-refractivity contribution in [3.63, 3.8) is 0 Å². The molecule has 86 valence electrons. The van der Waals surface area contributed by atoms with Gasteiger partial charge in [0.15, 0.2) is 0 Å². The minimum atomic E-state index is -0.783. The second-order valence-electron chi connectivity index (χ2n) is 4.86. The van der Waals surface area contributed by atoms with Crippen molar-refractivity contribution < 1.29 is 14.3 Å². The molecule has 0 saturated carbocycles. The molecule has 0 aliphatic carbocycles. The molecule has 1 atom stereocenters. The van der Waals surface area contributed by atoms with E-state index < -0.39 is 17.7 Å². The fourth-order valence-corrected chi connectivity index (χ4v) is 1.05. The second kappa shape index (κ2) is 5.59. The summed E-state index contributed by atoms with van der Waals surface area (Å²) in [5.74, 6) is -0.200. The number of nitrogens with zero attached hydrogens (tertiary/aromatic N) is 1. The van der Waals surface area contributed by atoms with Crippen molar-refractivity contribution in [2.24, 2.45) is 5.92 Å². The van der Waals surface area contributed by atoms with Gasteiger partial charge in [-0.05, 0) is 33.1 Å². The topological polar surface area (TPSA) is 59.3 Å². The second-order valence-corrected chi connectivity index (χ2v) is 4.86. The summed E-state index contributed by atoms with van der Waals surface area (Å²) in [7, 11) is 0. The maximum atomic E-state index is 11.6. The van der Waals surface area contributed by atoms with Gasteiger partial charge in [-0.1, -0.05) is 13.8 Å². The number of hydrogen-bond donors (Lipinski definition) is 0. The molecule has 0 aromatic heterocycles. The van der Waals surface area contributed by atoms with E-state index >= 15 is 0 Å². The zero-order chi connectivity index (χ0) is 12.1. The van der Waals surface area contributed by atoms with Gasteiger partial charge in [0, 0.05) is 0 Å². The van der Waals surface area contributed by atoms with Crippen molar-refractivity contribution in [3.8, 4) is 6.26 Å². The van der Waals surface area contributed by atoms with Crippen LogP contribution in [0.1, 0.15) is 41.0 Å². The maximum Gasteiger partial charge on any atom is 0.349 e. The summed E-state index contributed by atoms with van der Waals surface area (Å²) < 4.78 is 9.83. The number of carbonyl (C=O) groups is 1. The summed E-state index contributed by atoms with van der Waals surface area (Å²) >= 11 is 0. The highest BCUT2D eigenvalue weighted by atomic mass is 16.6. The van der Waals surface area contributed by atoms with Gasteiger partial charge in [0.25, 0.3) is 6.26 Å². The van der Waals surface area contributed by atoms with E-state index in [4.69, 9.17) is 14.7 Å². The zero-order valence-electron chi connectivity index (χ0n) is 10.0. The van der Waals surface area contributed by atoms with E-state index in [1.807, 2.05) is 13.8 Å². The van der Waals surface area contributed by atoms with Gasteiger partial charge in [-0.15, -0.1) is 0 Å². The average Bonchev–Trinajstić information content (AvgIpc) is 1.99. The molecule has 0 heterocycles. The van der Waals surface area contributed by atoms with Crippen LogP contribution in [0.15, 0.2) is 0 Å². The number of esters is 1. The normalized spacial score (nSPS) is 13.1. The molecule has 0 amide bonds. The van der Waals surface area contributed by atoms with Gasteiger partial charge in [-0.2, -0.15) is 5.26 Å². The number of hydrogen-bond acceptors (Lipinski definition) is 4. The first-order chi connectivity index (χ1) is 6.76. The average molecular weight is 213 g/mol. The van der Waals surface area contributed by atoms with Gasteiger partial charge in [-0.25, -0.2) is 4.79 Å². The van der Waals surface area contributed by atoms with Crippen molar-refractivity contribution in [1.29, 1.82) is 5.26 Å². The summed E-state index contributed by atoms with van der Waals surface area (Å²) in [5, 5.41) is 8.42. The Balaban J connectivity index is 4.37. The van der Waals surface area contributed by atoms with Gasteiger partial charge in [0.1, 0.15) is 5.60 Å². The van der Waals surface area contributed by atoms with Crippen LogP contribution in [0.25, 0.3) is 0 Å². The lowest BCUT2D eigenvalue weighted by Gasteiger charge is -2.23. The molecule has 0 saturated heterocycles. The molecule has 0 spiro atoms. The highest BCUT2D eigenvalue weighted by Crippen LogP contribution is 2.14. The van der Waals surface area contributed by atoms with Crippen molar-refractivity contribution in [2.75, 3.05) is 0 Å². The molecule has 0 bridgehead atoms. The molecule has 15 heavy (non-hydrogen) atoms. The Morgan fingerprint density at radius 3 is 2.27 bits per heavy atom. The van der Waals surface area contributed by atoms with Crippen molar-refractivity contribution >= 4 is 5.97 Å². The van der Waals surface area contributed by atoms with Crippen LogP contribution in [0.3, 0.4) is 0 Å². The monoisotopic (exact) mass is 213 g/mol. The standard InChI is InChI=1S/C11H19NO3/c1-8(2)6-9(14-7-12)10(13)15-11(3,4)5/h8-9H,6H2,1-5H3/t9-/m0/s1. The molecule has 0 aromatic carbocycles. The Labute approximate surface area is 91.2 Å². The number of carbonyl (C=O) groups excluding carboxylic acids is 1. The van der Waals surface area contributed by atoms with Crippen LogP contribution < -0.4 is 0 Å². The van der Waals surface area contributed by atoms with E-state index in [2.05, 4.69) is 0 Å². The molecule has 0 aromatic rings. The van der Waals surface area contributed by atoms with Crippen LogP contribution in [0, 0.1) is 17.4 Å². The molecule has 4 nitrogen and oxygen atoms in total. The Kier molecular flexibility index (Phi) is 5.13. The Morgan fingerprint density at radius 2 is 1.93 bits per heavy atom. The van der Waals surface area contributed by atoms with Crippen molar-refractivity contribution in [2.45, 2.75) is 52.7 Å². The molecule has 0 aliphatic heterocycles. The highest BCUT2D eigenvalue weighted by molar-refractivity contribution is 5.75. The van der Waals surface area contributed by atoms with Crippen LogP contribution in [0.2, 0.25) is 0 Å². The molecule has 0 N–H and O–H groups in total. The van der Waals surface area contributed by atoms with Gasteiger partial charge < -0.3 is 9.47 Å². The van der Waals surface area contributed by atoms with Gasteiger partial charge in [-0.3, -0.25) is 0 Å². The minimum Gasteiger partial charge on any atom is -0.457 e. The lowest BCUT2D eigenvalue weighted by atomic mass is 10.1. The van der Waals surface area contributed by atoms with Gasteiger partial charge in [0.05, 0.1) is 0 Å². The molecular weight excluding hydrogens is 194 g/mol. The molecule has 0 rings (SSSR count). The Bertz CT molecular complexity index is 248. The van der Waals surface area contributed by atoms with Crippen LogP contribution in [0.5, 0.6) is 0 Å². The summed E-state index contributed by atoms with van der Waals surface area (Å²) in [6, 6.07) is 0. The molecule has 0 unspecified atom stereocenters. The van der Waals surface area contributed by atoms with Crippen molar-refractivity contribution in [1.82, 2.24) is 0 Å². The van der Waals surface area contributed by atoms with E-state index in [0.29, 0.717) is 6.42 Å². The zero-order valence-corrected chi connectivity index (χ0v) is 10.0. The third kappa shape index (κ3) is 6.78. The predicted molar refractivity (Wildman–Crippen MR) is 55.8 cm³/mol. The minimum absolute atomic E-state index is 0.274. The third-order valence-corrected chi connectivity index (χ3v) is 1.55. The quantitative estimate of drug-likeness (QED) is 0.530. The highest BCUT2D eigenvalue weighted by Gasteiger charge is 2.27. The van der Waals surface area contributed by atoms with Gasteiger partial charge in [0.2, 0.25) is 6.10 Å². The fraction of sp³-hybridized carbons (Fsp3) is 0.818. The Morgan fingerprint density at radius 1 is 1.40 bits per heavy atom. The maximum absolute atomic E-state index is 11.6. The predicted octanol–water partition coefficient (Wildman–Crippen LogP) is 2.24. The first kappa shape index (κ1) is 13.8. The summed E-state index contributed by atoms with van der Waals surface area (Å²) in [5.41, 5.74) is -0.550. The number of nitriles is 1. The largest absolute Gasteiger partial charge is 0.457 e. The van der Waals surface area contributed by atoms with E-state index in [9.17, 15) is 4.79 Å². The van der Waals surface area contributed by atoms with Crippen LogP contribution in [-0.4, -0.2) is 17.7 Å². The first-order valence-electron chi connectivity index (χ1n) is 5.04. The summed E-state index contributed by atoms with van der Waals surface area (Å²) in [4.78, 5) is 11.6.